The molecule has 0 saturated heterocycles. The fraction of sp³-hybridized carbons (Fsp3) is 0.308. The second-order valence-electron chi connectivity index (χ2n) is 8.52. The van der Waals surface area contributed by atoms with Crippen molar-refractivity contribution in [2.45, 2.75) is 36.6 Å². The van der Waals surface area contributed by atoms with Crippen LogP contribution in [0.4, 0.5) is 11.4 Å². The smallest absolute Gasteiger partial charge is 0.270 e. The molecule has 1 aromatic heterocycles. The SMILES string of the molecule is CS(=O)c1ccc(CNC(=O)c2ccc3c(n2)OCCN3c2ccc(C3CCC3)cc2)cc1. The lowest BCUT2D eigenvalue weighted by atomic mass is 9.80. The molecule has 1 atom stereocenters. The van der Waals surface area contributed by atoms with E-state index >= 15 is 0 Å². The molecule has 0 bridgehead atoms. The molecule has 2 aromatic carbocycles. The highest BCUT2D eigenvalue weighted by Gasteiger charge is 2.24. The van der Waals surface area contributed by atoms with Crippen molar-refractivity contribution in [3.05, 3.63) is 77.5 Å². The zero-order valence-corrected chi connectivity index (χ0v) is 19.4. The van der Waals surface area contributed by atoms with Crippen LogP contribution in [0.2, 0.25) is 0 Å². The molecule has 0 spiro atoms. The van der Waals surface area contributed by atoms with E-state index in [-0.39, 0.29) is 5.91 Å². The molecule has 1 aliphatic carbocycles. The van der Waals surface area contributed by atoms with Gasteiger partial charge in [-0.1, -0.05) is 30.7 Å². The minimum Gasteiger partial charge on any atom is -0.474 e. The van der Waals surface area contributed by atoms with Crippen molar-refractivity contribution < 1.29 is 13.7 Å². The number of aromatic nitrogens is 1. The average Bonchev–Trinajstić information content (AvgIpc) is 2.81. The van der Waals surface area contributed by atoms with Gasteiger partial charge in [-0.25, -0.2) is 4.98 Å². The first-order valence-corrected chi connectivity index (χ1v) is 12.9. The van der Waals surface area contributed by atoms with Crippen molar-refractivity contribution in [2.24, 2.45) is 0 Å². The molecular formula is C26H27N3O3S. The molecule has 1 N–H and O–H groups in total. The van der Waals surface area contributed by atoms with Crippen LogP contribution in [-0.2, 0) is 17.3 Å². The number of carbonyl (C=O) groups is 1. The Morgan fingerprint density at radius 2 is 1.85 bits per heavy atom. The summed E-state index contributed by atoms with van der Waals surface area (Å²) in [6, 6.07) is 19.8. The summed E-state index contributed by atoms with van der Waals surface area (Å²) in [5.41, 5.74) is 4.65. The lowest BCUT2D eigenvalue weighted by Crippen LogP contribution is -2.30. The summed E-state index contributed by atoms with van der Waals surface area (Å²) in [6.45, 7) is 1.62. The van der Waals surface area contributed by atoms with Crippen LogP contribution < -0.4 is 15.0 Å². The van der Waals surface area contributed by atoms with E-state index in [9.17, 15) is 9.00 Å². The van der Waals surface area contributed by atoms with Gasteiger partial charge in [0.2, 0.25) is 5.88 Å². The van der Waals surface area contributed by atoms with Crippen LogP contribution in [0.1, 0.15) is 46.8 Å². The van der Waals surface area contributed by atoms with Gasteiger partial charge in [0.05, 0.1) is 6.54 Å². The number of nitrogens with zero attached hydrogens (tertiary/aromatic N) is 2. The molecule has 33 heavy (non-hydrogen) atoms. The van der Waals surface area contributed by atoms with Crippen molar-refractivity contribution in [1.29, 1.82) is 0 Å². The van der Waals surface area contributed by atoms with Crippen LogP contribution >= 0.6 is 0 Å². The highest BCUT2D eigenvalue weighted by atomic mass is 32.2. The number of hydrogen-bond donors (Lipinski definition) is 1. The number of fused-ring (bicyclic) bond motifs is 1. The second-order valence-corrected chi connectivity index (χ2v) is 9.90. The normalized spacial score (nSPS) is 16.3. The summed E-state index contributed by atoms with van der Waals surface area (Å²) in [6.07, 6.45) is 5.56. The van der Waals surface area contributed by atoms with Gasteiger partial charge < -0.3 is 15.0 Å². The Labute approximate surface area is 196 Å². The molecule has 1 unspecified atom stereocenters. The number of carbonyl (C=O) groups excluding carboxylic acids is 1. The first kappa shape index (κ1) is 21.6. The number of pyridine rings is 1. The van der Waals surface area contributed by atoms with Gasteiger partial charge in [0, 0.05) is 34.2 Å². The Balaban J connectivity index is 1.27. The quantitative estimate of drug-likeness (QED) is 0.583. The lowest BCUT2D eigenvalue weighted by molar-refractivity contribution is 0.0944. The third kappa shape index (κ3) is 4.64. The zero-order valence-electron chi connectivity index (χ0n) is 18.6. The Morgan fingerprint density at radius 3 is 2.52 bits per heavy atom. The summed E-state index contributed by atoms with van der Waals surface area (Å²) in [4.78, 5) is 20.1. The first-order valence-electron chi connectivity index (χ1n) is 11.3. The number of rotatable bonds is 6. The largest absolute Gasteiger partial charge is 0.474 e. The van der Waals surface area contributed by atoms with E-state index in [1.54, 1.807) is 12.3 Å². The van der Waals surface area contributed by atoms with E-state index in [2.05, 4.69) is 39.5 Å². The molecular weight excluding hydrogens is 434 g/mol. The minimum absolute atomic E-state index is 0.258. The topological polar surface area (TPSA) is 71.5 Å². The van der Waals surface area contributed by atoms with Crippen LogP contribution in [-0.4, -0.2) is 34.5 Å². The highest BCUT2D eigenvalue weighted by molar-refractivity contribution is 7.84. The van der Waals surface area contributed by atoms with Gasteiger partial charge in [-0.3, -0.25) is 9.00 Å². The van der Waals surface area contributed by atoms with Gasteiger partial charge in [0.25, 0.3) is 5.91 Å². The number of anilines is 2. The Morgan fingerprint density at radius 1 is 1.09 bits per heavy atom. The fourth-order valence-corrected chi connectivity index (χ4v) is 4.75. The van der Waals surface area contributed by atoms with E-state index in [0.29, 0.717) is 30.6 Å². The maximum absolute atomic E-state index is 12.7. The third-order valence-corrected chi connectivity index (χ3v) is 7.34. The van der Waals surface area contributed by atoms with Crippen molar-refractivity contribution in [3.63, 3.8) is 0 Å². The van der Waals surface area contributed by atoms with Gasteiger partial charge >= 0.3 is 0 Å². The molecule has 2 heterocycles. The molecule has 1 amide bonds. The maximum Gasteiger partial charge on any atom is 0.270 e. The fourth-order valence-electron chi connectivity index (χ4n) is 4.23. The van der Waals surface area contributed by atoms with Crippen molar-refractivity contribution >= 4 is 28.1 Å². The Kier molecular flexibility index (Phi) is 6.13. The van der Waals surface area contributed by atoms with Crippen LogP contribution in [0, 0.1) is 0 Å². The highest BCUT2D eigenvalue weighted by Crippen LogP contribution is 2.39. The van der Waals surface area contributed by atoms with Crippen LogP contribution in [0.5, 0.6) is 5.88 Å². The van der Waals surface area contributed by atoms with E-state index in [1.165, 1.54) is 24.8 Å². The van der Waals surface area contributed by atoms with Crippen molar-refractivity contribution in [1.82, 2.24) is 10.3 Å². The van der Waals surface area contributed by atoms with Gasteiger partial charge in [0.1, 0.15) is 18.0 Å². The van der Waals surface area contributed by atoms with Crippen molar-refractivity contribution in [3.8, 4) is 5.88 Å². The van der Waals surface area contributed by atoms with Crippen LogP contribution in [0.15, 0.2) is 65.6 Å². The molecule has 170 valence electrons. The summed E-state index contributed by atoms with van der Waals surface area (Å²) in [5.74, 6) is 0.936. The first-order chi connectivity index (χ1) is 16.1. The van der Waals surface area contributed by atoms with Crippen molar-refractivity contribution in [2.75, 3.05) is 24.3 Å². The summed E-state index contributed by atoms with van der Waals surface area (Å²) in [5, 5.41) is 2.89. The third-order valence-electron chi connectivity index (χ3n) is 6.41. The van der Waals surface area contributed by atoms with E-state index < -0.39 is 10.8 Å². The van der Waals surface area contributed by atoms with E-state index in [1.807, 2.05) is 30.3 Å². The molecule has 0 radical (unpaired) electrons. The molecule has 6 nitrogen and oxygen atoms in total. The monoisotopic (exact) mass is 461 g/mol. The minimum atomic E-state index is -1.01. The zero-order chi connectivity index (χ0) is 22.8. The Hall–Kier alpha value is -3.19. The predicted octanol–water partition coefficient (Wildman–Crippen LogP) is 4.55. The molecule has 3 aromatic rings. The Bertz CT molecular complexity index is 1170. The van der Waals surface area contributed by atoms with E-state index in [0.717, 1.165) is 28.4 Å². The molecule has 7 heteroatoms. The van der Waals surface area contributed by atoms with Gasteiger partial charge in [-0.05, 0) is 66.3 Å². The van der Waals surface area contributed by atoms with Gasteiger partial charge in [-0.2, -0.15) is 0 Å². The van der Waals surface area contributed by atoms with Gasteiger partial charge in [0.15, 0.2) is 0 Å². The number of benzene rings is 2. The maximum atomic E-state index is 12.7. The predicted molar refractivity (Wildman–Crippen MR) is 130 cm³/mol. The standard InChI is InChI=1S/C26H27N3O3S/c1-33(31)22-11-5-18(6-12-22)17-27-25(30)23-13-14-24-26(28-23)32-16-15-29(24)21-9-7-20(8-10-21)19-3-2-4-19/h5-14,19H,2-4,15-17H2,1H3,(H,27,30). The number of nitrogens with one attached hydrogen (secondary N) is 1. The summed E-state index contributed by atoms with van der Waals surface area (Å²) >= 11 is 0. The molecule has 1 aliphatic heterocycles. The van der Waals surface area contributed by atoms with E-state index in [4.69, 9.17) is 4.74 Å². The summed E-state index contributed by atoms with van der Waals surface area (Å²) in [7, 11) is -1.01. The summed E-state index contributed by atoms with van der Waals surface area (Å²) < 4.78 is 17.3. The van der Waals surface area contributed by atoms with Crippen LogP contribution in [0.3, 0.4) is 0 Å². The number of ether oxygens (including phenoxy) is 1. The molecule has 1 saturated carbocycles. The lowest BCUT2D eigenvalue weighted by Gasteiger charge is -2.31. The molecule has 2 aliphatic rings. The van der Waals surface area contributed by atoms with Crippen LogP contribution in [0.25, 0.3) is 0 Å². The second kappa shape index (κ2) is 9.35. The number of hydrogen-bond acceptors (Lipinski definition) is 5. The number of amides is 1. The average molecular weight is 462 g/mol. The molecule has 1 fully saturated rings. The van der Waals surface area contributed by atoms with Gasteiger partial charge in [-0.15, -0.1) is 0 Å². The molecule has 5 rings (SSSR count).